The van der Waals surface area contributed by atoms with Crippen molar-refractivity contribution >= 4 is 5.91 Å². The van der Waals surface area contributed by atoms with Crippen molar-refractivity contribution in [1.29, 1.82) is 0 Å². The third kappa shape index (κ3) is 4.02. The maximum atomic E-state index is 14.6. The number of hydrogen-bond acceptors (Lipinski definition) is 4. The van der Waals surface area contributed by atoms with Crippen LogP contribution in [0, 0.1) is 29.3 Å². The molecule has 5 rings (SSSR count). The van der Waals surface area contributed by atoms with E-state index in [-0.39, 0.29) is 42.6 Å². The lowest BCUT2D eigenvalue weighted by Gasteiger charge is -2.31. The number of benzene rings is 2. The van der Waals surface area contributed by atoms with E-state index < -0.39 is 35.5 Å². The first-order chi connectivity index (χ1) is 17.3. The Morgan fingerprint density at radius 2 is 1.78 bits per heavy atom. The normalized spacial score (nSPS) is 22.9. The van der Waals surface area contributed by atoms with E-state index in [4.69, 9.17) is 0 Å². The lowest BCUT2D eigenvalue weighted by molar-refractivity contribution is -0.127. The van der Waals surface area contributed by atoms with E-state index in [9.17, 15) is 27.9 Å². The maximum absolute atomic E-state index is 14.6. The zero-order valence-corrected chi connectivity index (χ0v) is 19.6. The highest BCUT2D eigenvalue weighted by Gasteiger charge is 2.55. The predicted molar refractivity (Wildman–Crippen MR) is 127 cm³/mol. The molecule has 0 unspecified atom stereocenters. The number of hydrogen-bond donors (Lipinski definition) is 2. The Balaban J connectivity index is 1.60. The van der Waals surface area contributed by atoms with Crippen molar-refractivity contribution in [3.05, 3.63) is 93.7 Å². The second-order valence-corrected chi connectivity index (χ2v) is 9.30. The number of likely N-dealkylation sites (N-methyl/N-ethyl adjacent to an activating group) is 1. The smallest absolute Gasteiger partial charge is 0.258 e. The van der Waals surface area contributed by atoms with Crippen LogP contribution in [-0.4, -0.2) is 39.7 Å². The summed E-state index contributed by atoms with van der Waals surface area (Å²) in [5.74, 6) is -2.72. The van der Waals surface area contributed by atoms with Crippen LogP contribution in [0.3, 0.4) is 0 Å². The molecule has 6 nitrogen and oxygen atoms in total. The predicted octanol–water partition coefficient (Wildman–Crippen LogP) is 3.23. The van der Waals surface area contributed by atoms with Crippen molar-refractivity contribution in [2.75, 3.05) is 13.2 Å². The molecule has 0 bridgehead atoms. The summed E-state index contributed by atoms with van der Waals surface area (Å²) in [6.07, 6.45) is 0. The van der Waals surface area contributed by atoms with Crippen LogP contribution in [0.5, 0.6) is 0 Å². The molecule has 0 spiro atoms. The third-order valence-corrected chi connectivity index (χ3v) is 7.33. The van der Waals surface area contributed by atoms with Crippen LogP contribution in [-0.2, 0) is 17.9 Å². The van der Waals surface area contributed by atoms with Crippen molar-refractivity contribution in [3.63, 3.8) is 0 Å². The Morgan fingerprint density at radius 1 is 1.06 bits per heavy atom. The van der Waals surface area contributed by atoms with Crippen molar-refractivity contribution in [2.24, 2.45) is 11.8 Å². The molecule has 2 aliphatic heterocycles. The largest absolute Gasteiger partial charge is 0.396 e. The molecular formula is C27H26F3N3O3. The molecule has 188 valence electrons. The van der Waals surface area contributed by atoms with Gasteiger partial charge in [0.25, 0.3) is 5.56 Å². The number of aliphatic hydroxyl groups is 1. The van der Waals surface area contributed by atoms with Gasteiger partial charge in [0.15, 0.2) is 0 Å². The highest BCUT2D eigenvalue weighted by atomic mass is 19.1. The Morgan fingerprint density at radius 3 is 2.47 bits per heavy atom. The fraction of sp³-hybridized carbons (Fsp3) is 0.333. The Labute approximate surface area is 206 Å². The standard InChI is InChI=1S/C27H26F3N3O3/c1-2-31-26(35)25-21(14-34)20-13-32-23(10-8-19(27(32)36)15-3-5-17(28)6-4-15)24(20)33(25)12-16-11-18(29)7-9-22(16)30/h3-11,20-21,24-25,34H,2,12-14H2,1H3,(H,31,35)/t20-,21-,24+,25-/m1/s1. The van der Waals surface area contributed by atoms with Crippen LogP contribution in [0.1, 0.15) is 24.2 Å². The number of nitrogens with zero attached hydrogens (tertiary/aromatic N) is 2. The van der Waals surface area contributed by atoms with Crippen molar-refractivity contribution < 1.29 is 23.1 Å². The number of rotatable bonds is 6. The number of fused-ring (bicyclic) bond motifs is 3. The van der Waals surface area contributed by atoms with Gasteiger partial charge in [-0.1, -0.05) is 12.1 Å². The van der Waals surface area contributed by atoms with Crippen LogP contribution < -0.4 is 10.9 Å². The number of carbonyl (C=O) groups excluding carboxylic acids is 1. The number of likely N-dealkylation sites (tertiary alicyclic amines) is 1. The molecule has 0 aliphatic carbocycles. The van der Waals surface area contributed by atoms with E-state index in [1.807, 2.05) is 0 Å². The minimum Gasteiger partial charge on any atom is -0.396 e. The Kier molecular flexibility index (Phi) is 6.44. The van der Waals surface area contributed by atoms with Gasteiger partial charge >= 0.3 is 0 Å². The van der Waals surface area contributed by atoms with Gasteiger partial charge in [0.1, 0.15) is 17.5 Å². The minimum absolute atomic E-state index is 0.0725. The molecule has 0 radical (unpaired) electrons. The first-order valence-corrected chi connectivity index (χ1v) is 11.9. The van der Waals surface area contributed by atoms with Gasteiger partial charge in [-0.15, -0.1) is 0 Å². The van der Waals surface area contributed by atoms with Crippen LogP contribution in [0.2, 0.25) is 0 Å². The van der Waals surface area contributed by atoms with Gasteiger partial charge in [0.2, 0.25) is 5.91 Å². The molecule has 0 saturated carbocycles. The lowest BCUT2D eigenvalue weighted by Crippen LogP contribution is -2.48. The van der Waals surface area contributed by atoms with Gasteiger partial charge in [-0.05, 0) is 55.0 Å². The molecule has 1 saturated heterocycles. The quantitative estimate of drug-likeness (QED) is 0.549. The van der Waals surface area contributed by atoms with Gasteiger partial charge < -0.3 is 15.0 Å². The third-order valence-electron chi connectivity index (χ3n) is 7.33. The number of nitrogens with one attached hydrogen (secondary N) is 1. The number of aromatic nitrogens is 1. The molecule has 1 fully saturated rings. The van der Waals surface area contributed by atoms with Gasteiger partial charge in [-0.3, -0.25) is 14.5 Å². The van der Waals surface area contributed by atoms with Crippen molar-refractivity contribution in [3.8, 4) is 11.1 Å². The average molecular weight is 498 g/mol. The molecule has 9 heteroatoms. The first kappa shape index (κ1) is 24.3. The fourth-order valence-electron chi connectivity index (χ4n) is 5.77. The average Bonchev–Trinajstić information content (AvgIpc) is 3.38. The van der Waals surface area contributed by atoms with E-state index in [1.54, 1.807) is 28.5 Å². The summed E-state index contributed by atoms with van der Waals surface area (Å²) >= 11 is 0. The van der Waals surface area contributed by atoms with Gasteiger partial charge in [-0.2, -0.15) is 0 Å². The minimum atomic E-state index is -0.784. The summed E-state index contributed by atoms with van der Waals surface area (Å²) < 4.78 is 43.6. The van der Waals surface area contributed by atoms with E-state index in [0.717, 1.165) is 18.2 Å². The zero-order valence-electron chi connectivity index (χ0n) is 19.6. The first-order valence-electron chi connectivity index (χ1n) is 11.9. The SMILES string of the molecule is CCNC(=O)[C@H]1[C@H](CO)[C@H]2Cn3c(ccc(-c4ccc(F)cc4)c3=O)[C@H]2N1Cc1cc(F)ccc1F. The number of carbonyl (C=O) groups is 1. The topological polar surface area (TPSA) is 74.6 Å². The van der Waals surface area contributed by atoms with Crippen LogP contribution in [0.4, 0.5) is 13.2 Å². The highest BCUT2D eigenvalue weighted by molar-refractivity contribution is 5.82. The molecule has 1 aromatic heterocycles. The molecule has 2 aliphatic rings. The highest BCUT2D eigenvalue weighted by Crippen LogP contribution is 2.50. The van der Waals surface area contributed by atoms with Crippen LogP contribution in [0.25, 0.3) is 11.1 Å². The molecule has 3 heterocycles. The van der Waals surface area contributed by atoms with Crippen molar-refractivity contribution in [1.82, 2.24) is 14.8 Å². The zero-order chi connectivity index (χ0) is 25.6. The van der Waals surface area contributed by atoms with E-state index >= 15 is 0 Å². The Bertz CT molecular complexity index is 1360. The molecular weight excluding hydrogens is 471 g/mol. The van der Waals surface area contributed by atoms with Crippen LogP contribution in [0.15, 0.2) is 59.4 Å². The summed E-state index contributed by atoms with van der Waals surface area (Å²) in [4.78, 5) is 28.3. The second-order valence-electron chi connectivity index (χ2n) is 9.30. The summed E-state index contributed by atoms with van der Waals surface area (Å²) in [6.45, 7) is 2.04. The molecule has 2 aromatic carbocycles. The monoisotopic (exact) mass is 497 g/mol. The molecule has 2 N–H and O–H groups in total. The fourth-order valence-corrected chi connectivity index (χ4v) is 5.77. The number of halogens is 3. The van der Waals surface area contributed by atoms with Crippen molar-refractivity contribution in [2.45, 2.75) is 32.1 Å². The second kappa shape index (κ2) is 9.55. The molecule has 36 heavy (non-hydrogen) atoms. The molecule has 1 amide bonds. The summed E-state index contributed by atoms with van der Waals surface area (Å²) in [5, 5.41) is 13.1. The van der Waals surface area contributed by atoms with Gasteiger partial charge in [0.05, 0.1) is 12.1 Å². The van der Waals surface area contributed by atoms with Gasteiger partial charge in [-0.25, -0.2) is 13.2 Å². The Hall–Kier alpha value is -3.43. The number of pyridine rings is 1. The van der Waals surface area contributed by atoms with E-state index in [1.165, 1.54) is 24.3 Å². The lowest BCUT2D eigenvalue weighted by atomic mass is 9.88. The summed E-state index contributed by atoms with van der Waals surface area (Å²) in [7, 11) is 0. The van der Waals surface area contributed by atoms with Crippen LogP contribution >= 0.6 is 0 Å². The van der Waals surface area contributed by atoms with E-state index in [0.29, 0.717) is 23.4 Å². The molecule has 3 aromatic rings. The molecule has 4 atom stereocenters. The summed E-state index contributed by atoms with van der Waals surface area (Å²) in [5.41, 5.74) is 1.44. The summed E-state index contributed by atoms with van der Waals surface area (Å²) in [6, 6.07) is 11.0. The van der Waals surface area contributed by atoms with E-state index in [2.05, 4.69) is 5.32 Å². The number of amides is 1. The number of aliphatic hydroxyl groups excluding tert-OH is 1. The maximum Gasteiger partial charge on any atom is 0.258 e. The van der Waals surface area contributed by atoms with Gasteiger partial charge in [0, 0.05) is 54.9 Å².